The molecular weight excluding hydrogens is 1200 g/mol. The molecule has 3 unspecified atom stereocenters. The van der Waals surface area contributed by atoms with Gasteiger partial charge in [-0.05, 0) is 209 Å². The van der Waals surface area contributed by atoms with Crippen LogP contribution in [0.3, 0.4) is 0 Å². The van der Waals surface area contributed by atoms with Gasteiger partial charge in [-0.1, -0.05) is 210 Å². The molecule has 5 aromatic carbocycles. The fraction of sp³-hybridized carbons (Fsp3) is 0.590. The number of carbonyl (C=O) groups is 2. The molecule has 5 aromatic rings. The minimum absolute atomic E-state index is 0. The standard InChI is InChI=1S/C18H15S.C16H24O.C12H22O2.C10H17F3O5S.C10H14O.12CH4/c1-4-10-16(11-5-1)19(17-12-6-2-7-13-17)18-14-8-3-9-15-18;1-4-13(2)14-7-9-15(10-8-14)17-16(3)11-5-6-12-16;1-5-11(2,3)10(13)14-12(4)8-6-7-9-12;1-5-8(2,3)7(14)18-9(4,10(11,12)13)6-19(15,16)17;1-3-8(2)9-4-6-10(11)7-5-9;;;;;;;;;;;;/h1-15H;7-10,13H,4-6,11-12H2,1-3H3;5-9H2,1-4H3;5-6H2,1-4H3,(H,15,16,17);4-8,11H,3H2,1-2H3;12*1H4/q+1;;;;;;;;;;;;;;;;/p-1. The number of carbonyl (C=O) groups excluding carboxylic acids is 2. The molecule has 9 nitrogen and oxygen atoms in total. The highest BCUT2D eigenvalue weighted by atomic mass is 32.2. The molecule has 2 fully saturated rings. The van der Waals surface area contributed by atoms with Gasteiger partial charge < -0.3 is 23.9 Å². The number of phenols is 1. The Bertz CT molecular complexity index is 2600. The topological polar surface area (TPSA) is 139 Å². The van der Waals surface area contributed by atoms with Crippen LogP contribution in [0.4, 0.5) is 13.2 Å². The van der Waals surface area contributed by atoms with Gasteiger partial charge in [0.2, 0.25) is 5.60 Å². The van der Waals surface area contributed by atoms with Gasteiger partial charge in [0.05, 0.1) is 37.6 Å². The molecule has 0 radical (unpaired) electrons. The lowest BCUT2D eigenvalue weighted by Gasteiger charge is -2.35. The van der Waals surface area contributed by atoms with Gasteiger partial charge in [0.15, 0.2) is 14.7 Å². The van der Waals surface area contributed by atoms with Crippen molar-refractivity contribution in [3.8, 4) is 11.5 Å². The molecule has 2 saturated carbocycles. The molecule has 7 rings (SSSR count). The molecule has 0 bridgehead atoms. The number of ether oxygens (including phenoxy) is 3. The summed E-state index contributed by atoms with van der Waals surface area (Å²) in [6, 6.07) is 48.3. The Hall–Kier alpha value is -5.31. The predicted octanol–water partition coefficient (Wildman–Crippen LogP) is 25.4. The summed E-state index contributed by atoms with van der Waals surface area (Å²) >= 11 is 0. The Labute approximate surface area is 569 Å². The summed E-state index contributed by atoms with van der Waals surface area (Å²) in [5.41, 5.74) is -2.27. The van der Waals surface area contributed by atoms with Crippen LogP contribution in [0.25, 0.3) is 0 Å². The monoisotopic (exact) mass is 1340 g/mol. The quantitative estimate of drug-likeness (QED) is 0.0547. The molecule has 0 saturated heterocycles. The van der Waals surface area contributed by atoms with E-state index in [4.69, 9.17) is 14.6 Å². The fourth-order valence-corrected chi connectivity index (χ4v) is 11.5. The molecule has 3 atom stereocenters. The first-order valence-electron chi connectivity index (χ1n) is 28.3. The summed E-state index contributed by atoms with van der Waals surface area (Å²) in [6.45, 7) is 23.7. The molecular formula is C78H139F3O9S2. The van der Waals surface area contributed by atoms with E-state index in [0.717, 1.165) is 31.4 Å². The largest absolute Gasteiger partial charge is 0.748 e. The number of aromatic hydroxyl groups is 1. The highest BCUT2D eigenvalue weighted by molar-refractivity contribution is 7.97. The van der Waals surface area contributed by atoms with Crippen molar-refractivity contribution in [1.82, 2.24) is 0 Å². The summed E-state index contributed by atoms with van der Waals surface area (Å²) in [5, 5.41) is 9.01. The van der Waals surface area contributed by atoms with Gasteiger partial charge >= 0.3 is 18.1 Å². The van der Waals surface area contributed by atoms with Crippen molar-refractivity contribution in [2.45, 2.75) is 306 Å². The van der Waals surface area contributed by atoms with Crippen molar-refractivity contribution in [2.75, 3.05) is 5.75 Å². The minimum atomic E-state index is -5.21. The Morgan fingerprint density at radius 2 is 0.826 bits per heavy atom. The first kappa shape index (κ1) is 108. The lowest BCUT2D eigenvalue weighted by molar-refractivity contribution is -0.259. The van der Waals surface area contributed by atoms with Crippen molar-refractivity contribution in [1.29, 1.82) is 0 Å². The molecule has 0 heterocycles. The highest BCUT2D eigenvalue weighted by Gasteiger charge is 2.57. The molecule has 2 aliphatic carbocycles. The van der Waals surface area contributed by atoms with Crippen molar-refractivity contribution in [2.24, 2.45) is 10.8 Å². The third-order valence-corrected chi connectivity index (χ3v) is 18.5. The van der Waals surface area contributed by atoms with Crippen LogP contribution < -0.4 is 4.74 Å². The number of rotatable bonds is 17. The van der Waals surface area contributed by atoms with Crippen molar-refractivity contribution < 1.29 is 55.0 Å². The SMILES string of the molecule is C.C.C.C.C.C.C.C.C.C.C.C.CCC(C)(C)C(=O)OC(C)(CS(=O)(=O)[O-])C(F)(F)F.CCC(C)(C)C(=O)OC1(C)CCCC1.CCC(C)c1ccc(O)cc1.CCC(C)c1ccc(OC2(C)CCCC2)cc1.c1ccc([S+](c2ccccc2)c2ccccc2)cc1. The number of esters is 2. The Kier molecular flexibility index (Phi) is 58.0. The van der Waals surface area contributed by atoms with Gasteiger partial charge in [-0.2, -0.15) is 13.2 Å². The Morgan fingerprint density at radius 3 is 1.12 bits per heavy atom. The zero-order chi connectivity index (χ0) is 60.0. The smallest absolute Gasteiger partial charge is 0.429 e. The van der Waals surface area contributed by atoms with Gasteiger partial charge in [0, 0.05) is 0 Å². The first-order valence-corrected chi connectivity index (χ1v) is 31.1. The van der Waals surface area contributed by atoms with Gasteiger partial charge in [0.25, 0.3) is 0 Å². The van der Waals surface area contributed by atoms with E-state index >= 15 is 0 Å². The molecule has 92 heavy (non-hydrogen) atoms. The summed E-state index contributed by atoms with van der Waals surface area (Å²) in [4.78, 5) is 27.5. The van der Waals surface area contributed by atoms with E-state index in [2.05, 4.69) is 162 Å². The summed E-state index contributed by atoms with van der Waals surface area (Å²) in [7, 11) is -5.22. The van der Waals surface area contributed by atoms with Crippen LogP contribution in [-0.4, -0.2) is 58.7 Å². The molecule has 0 amide bonds. The van der Waals surface area contributed by atoms with E-state index < -0.39 is 39.0 Å². The van der Waals surface area contributed by atoms with Gasteiger partial charge in [0.1, 0.15) is 22.7 Å². The zero-order valence-electron chi connectivity index (χ0n) is 49.8. The second-order valence-corrected chi connectivity index (χ2v) is 26.6. The Morgan fingerprint density at radius 1 is 0.522 bits per heavy atom. The highest BCUT2D eigenvalue weighted by Crippen LogP contribution is 2.39. The number of halogens is 3. The number of hydrogen-bond acceptors (Lipinski definition) is 9. The summed E-state index contributed by atoms with van der Waals surface area (Å²) in [5.74, 6) is -0.488. The predicted molar refractivity (Wildman–Crippen MR) is 398 cm³/mol. The zero-order valence-corrected chi connectivity index (χ0v) is 51.4. The van der Waals surface area contributed by atoms with Gasteiger partial charge in [-0.25, -0.2) is 8.42 Å². The van der Waals surface area contributed by atoms with E-state index in [1.165, 1.54) is 84.6 Å². The molecule has 2 aliphatic rings. The summed E-state index contributed by atoms with van der Waals surface area (Å²) < 4.78 is 86.1. The molecule has 0 aliphatic heterocycles. The van der Waals surface area contributed by atoms with Crippen LogP contribution in [0.15, 0.2) is 154 Å². The van der Waals surface area contributed by atoms with Crippen molar-refractivity contribution >= 4 is 33.0 Å². The lowest BCUT2D eigenvalue weighted by atomic mass is 9.90. The normalized spacial score (nSPS) is 14.1. The van der Waals surface area contributed by atoms with Crippen molar-refractivity contribution in [3.63, 3.8) is 0 Å². The van der Waals surface area contributed by atoms with Crippen LogP contribution in [0, 0.1) is 10.8 Å². The first-order chi connectivity index (χ1) is 37.4. The second-order valence-electron chi connectivity index (χ2n) is 23.1. The van der Waals surface area contributed by atoms with E-state index in [9.17, 15) is 35.7 Å². The van der Waals surface area contributed by atoms with Crippen LogP contribution >= 0.6 is 0 Å². The maximum Gasteiger partial charge on any atom is 0.429 e. The van der Waals surface area contributed by atoms with Crippen LogP contribution in [0.2, 0.25) is 0 Å². The molecule has 538 valence electrons. The van der Waals surface area contributed by atoms with E-state index in [0.29, 0.717) is 24.5 Å². The number of phenolic OH excluding ortho intramolecular Hbond substituents is 1. The van der Waals surface area contributed by atoms with Gasteiger partial charge in [-0.15, -0.1) is 0 Å². The average Bonchev–Trinajstić information content (AvgIpc) is 1.03. The number of hydrogen-bond donors (Lipinski definition) is 1. The molecule has 1 N–H and O–H groups in total. The number of benzene rings is 5. The van der Waals surface area contributed by atoms with Crippen LogP contribution in [-0.2, 0) is 40.1 Å². The van der Waals surface area contributed by atoms with E-state index in [1.54, 1.807) is 19.1 Å². The number of alkyl halides is 3. The maximum atomic E-state index is 12.8. The van der Waals surface area contributed by atoms with Crippen molar-refractivity contribution in [3.05, 3.63) is 151 Å². The minimum Gasteiger partial charge on any atom is -0.748 e. The Balaban J connectivity index is -0.000000112. The van der Waals surface area contributed by atoms with Crippen LogP contribution in [0.1, 0.15) is 279 Å². The third-order valence-electron chi connectivity index (χ3n) is 15.3. The third kappa shape index (κ3) is 35.8. The molecule has 14 heteroatoms. The summed E-state index contributed by atoms with van der Waals surface area (Å²) in [6.07, 6.45) is 7.64. The van der Waals surface area contributed by atoms with E-state index in [1.807, 2.05) is 32.9 Å². The van der Waals surface area contributed by atoms with Gasteiger partial charge in [-0.3, -0.25) is 9.59 Å². The molecule has 0 aromatic heterocycles. The van der Waals surface area contributed by atoms with E-state index in [-0.39, 0.29) is 129 Å². The lowest BCUT2D eigenvalue weighted by Crippen LogP contribution is -2.53. The fourth-order valence-electron chi connectivity index (χ4n) is 8.45. The van der Waals surface area contributed by atoms with Crippen LogP contribution in [0.5, 0.6) is 11.5 Å². The second kappa shape index (κ2) is 49.3. The molecule has 0 spiro atoms. The maximum absolute atomic E-state index is 12.8. The average molecular weight is 1340 g/mol.